The predicted molar refractivity (Wildman–Crippen MR) is 94.4 cm³/mol. The van der Waals surface area contributed by atoms with Crippen molar-refractivity contribution in [2.75, 3.05) is 0 Å². The molecule has 6 heteroatoms. The fourth-order valence-corrected chi connectivity index (χ4v) is 3.49. The van der Waals surface area contributed by atoms with Crippen LogP contribution in [-0.4, -0.2) is 20.1 Å². The molecule has 2 fully saturated rings. The first-order valence-corrected chi connectivity index (χ1v) is 9.02. The summed E-state index contributed by atoms with van der Waals surface area (Å²) >= 11 is 0. The lowest BCUT2D eigenvalue weighted by Gasteiger charge is -2.22. The lowest BCUT2D eigenvalue weighted by atomic mass is 10.2. The van der Waals surface area contributed by atoms with Gasteiger partial charge in [0.1, 0.15) is 11.5 Å². The molecule has 0 saturated heterocycles. The number of rotatable bonds is 6. The molecule has 0 aliphatic heterocycles. The van der Waals surface area contributed by atoms with Crippen molar-refractivity contribution in [1.29, 1.82) is 0 Å². The minimum Gasteiger partial charge on any atom is -0.464 e. The van der Waals surface area contributed by atoms with Gasteiger partial charge in [-0.25, -0.2) is 4.79 Å². The summed E-state index contributed by atoms with van der Waals surface area (Å²) in [6, 6.07) is 6.24. The van der Waals surface area contributed by atoms with Crippen LogP contribution in [0.4, 0.5) is 0 Å². The minimum absolute atomic E-state index is 0.253. The number of hydrogen-bond acceptors (Lipinski definition) is 4. The van der Waals surface area contributed by atoms with Crippen molar-refractivity contribution in [3.05, 3.63) is 56.3 Å². The largest absolute Gasteiger partial charge is 0.464 e. The van der Waals surface area contributed by atoms with Gasteiger partial charge in [-0.3, -0.25) is 18.8 Å². The second-order valence-corrected chi connectivity index (χ2v) is 7.63. The molecule has 25 heavy (non-hydrogen) atoms. The van der Waals surface area contributed by atoms with Gasteiger partial charge >= 0.3 is 5.69 Å². The molecule has 2 heterocycles. The summed E-state index contributed by atoms with van der Waals surface area (Å²) in [6.07, 6.45) is 3.53. The molecule has 0 spiro atoms. The van der Waals surface area contributed by atoms with Gasteiger partial charge in [-0.05, 0) is 37.3 Å². The number of furan rings is 1. The van der Waals surface area contributed by atoms with Gasteiger partial charge in [-0.2, -0.15) is 0 Å². The summed E-state index contributed by atoms with van der Waals surface area (Å²) in [7, 11) is 3.23. The molecule has 0 N–H and O–H groups in total. The first kappa shape index (κ1) is 16.4. The van der Waals surface area contributed by atoms with E-state index in [1.54, 1.807) is 17.7 Å². The minimum atomic E-state index is -0.277. The molecule has 0 aromatic carbocycles. The van der Waals surface area contributed by atoms with E-state index < -0.39 is 0 Å². The van der Waals surface area contributed by atoms with Crippen molar-refractivity contribution < 1.29 is 4.42 Å². The standard InChI is InChI=1S/C19H25N3O3/c1-12-8-16(12)17-7-6-15(25-17)11-22(13-4-5-13)10-14-9-18(23)21(3)19(24)20(14)2/h6-7,9,12-13,16H,4-5,8,10-11H2,1-3H3/t12-,16+/m0/s1. The van der Waals surface area contributed by atoms with Crippen LogP contribution in [0.15, 0.2) is 32.2 Å². The van der Waals surface area contributed by atoms with E-state index in [2.05, 4.69) is 24.0 Å². The van der Waals surface area contributed by atoms with Gasteiger partial charge in [0.05, 0.1) is 6.54 Å². The van der Waals surface area contributed by atoms with Crippen LogP contribution in [0.3, 0.4) is 0 Å². The fraction of sp³-hybridized carbons (Fsp3) is 0.579. The molecule has 0 unspecified atom stereocenters. The van der Waals surface area contributed by atoms with Gasteiger partial charge in [0.15, 0.2) is 0 Å². The third-order valence-electron chi connectivity index (χ3n) is 5.57. The average molecular weight is 343 g/mol. The van der Waals surface area contributed by atoms with Crippen molar-refractivity contribution in [1.82, 2.24) is 14.0 Å². The molecule has 2 aromatic heterocycles. The van der Waals surface area contributed by atoms with Gasteiger partial charge < -0.3 is 4.42 Å². The zero-order chi connectivity index (χ0) is 17.7. The summed E-state index contributed by atoms with van der Waals surface area (Å²) in [6.45, 7) is 3.55. The molecule has 0 radical (unpaired) electrons. The maximum atomic E-state index is 12.1. The normalized spacial score (nSPS) is 22.6. The third-order valence-corrected chi connectivity index (χ3v) is 5.57. The molecule has 2 aromatic rings. The topological polar surface area (TPSA) is 60.4 Å². The van der Waals surface area contributed by atoms with Crippen molar-refractivity contribution >= 4 is 0 Å². The van der Waals surface area contributed by atoms with Gasteiger partial charge in [-0.15, -0.1) is 0 Å². The van der Waals surface area contributed by atoms with E-state index in [1.165, 1.54) is 13.5 Å². The average Bonchev–Trinajstić information content (AvgIpc) is 3.50. The SMILES string of the molecule is C[C@H]1C[C@H]1c1ccc(CN(Cc2cc(=O)n(C)c(=O)n2C)C2CC2)o1. The highest BCUT2D eigenvalue weighted by Crippen LogP contribution is 2.47. The number of hydrogen-bond donors (Lipinski definition) is 0. The quantitative estimate of drug-likeness (QED) is 0.804. The predicted octanol–water partition coefficient (Wildman–Crippen LogP) is 1.96. The van der Waals surface area contributed by atoms with E-state index in [9.17, 15) is 9.59 Å². The molecule has 0 amide bonds. The Labute approximate surface area is 146 Å². The molecule has 0 bridgehead atoms. The molecule has 4 rings (SSSR count). The summed E-state index contributed by atoms with van der Waals surface area (Å²) in [5, 5.41) is 0. The molecule has 2 atom stereocenters. The van der Waals surface area contributed by atoms with Crippen molar-refractivity contribution in [3.8, 4) is 0 Å². The lowest BCUT2D eigenvalue weighted by Crippen LogP contribution is -2.39. The van der Waals surface area contributed by atoms with Gasteiger partial charge in [-0.1, -0.05) is 6.92 Å². The van der Waals surface area contributed by atoms with Crippen molar-refractivity contribution in [2.24, 2.45) is 20.0 Å². The van der Waals surface area contributed by atoms with Crippen LogP contribution in [0.25, 0.3) is 0 Å². The molecule has 2 aliphatic rings. The van der Waals surface area contributed by atoms with E-state index >= 15 is 0 Å². The van der Waals surface area contributed by atoms with E-state index in [1.807, 2.05) is 0 Å². The molecular weight excluding hydrogens is 318 g/mol. The Morgan fingerprint density at radius 3 is 2.52 bits per heavy atom. The van der Waals surface area contributed by atoms with Crippen LogP contribution in [-0.2, 0) is 27.2 Å². The molecule has 2 aliphatic carbocycles. The summed E-state index contributed by atoms with van der Waals surface area (Å²) < 4.78 is 8.75. The Morgan fingerprint density at radius 2 is 1.88 bits per heavy atom. The Bertz CT molecular complexity index is 903. The smallest absolute Gasteiger partial charge is 0.330 e. The Kier molecular flexibility index (Phi) is 3.95. The highest BCUT2D eigenvalue weighted by atomic mass is 16.3. The maximum Gasteiger partial charge on any atom is 0.330 e. The number of nitrogens with zero attached hydrogens (tertiary/aromatic N) is 3. The van der Waals surface area contributed by atoms with Crippen LogP contribution in [0.2, 0.25) is 0 Å². The zero-order valence-electron chi connectivity index (χ0n) is 15.1. The lowest BCUT2D eigenvalue weighted by molar-refractivity contribution is 0.217. The van der Waals surface area contributed by atoms with Crippen LogP contribution in [0.5, 0.6) is 0 Å². The zero-order valence-corrected chi connectivity index (χ0v) is 15.1. The van der Waals surface area contributed by atoms with Crippen LogP contribution < -0.4 is 11.2 Å². The van der Waals surface area contributed by atoms with Gasteiger partial charge in [0.2, 0.25) is 0 Å². The van der Waals surface area contributed by atoms with Crippen LogP contribution in [0, 0.1) is 5.92 Å². The van der Waals surface area contributed by atoms with E-state index in [-0.39, 0.29) is 11.2 Å². The second kappa shape index (κ2) is 6.02. The Hall–Kier alpha value is -2.08. The monoisotopic (exact) mass is 343 g/mol. The van der Waals surface area contributed by atoms with E-state index in [0.717, 1.165) is 47.1 Å². The van der Waals surface area contributed by atoms with E-state index in [4.69, 9.17) is 4.42 Å². The first-order chi connectivity index (χ1) is 11.9. The summed E-state index contributed by atoms with van der Waals surface area (Å²) in [5.74, 6) is 3.38. The first-order valence-electron chi connectivity index (χ1n) is 9.02. The molecular formula is C19H25N3O3. The second-order valence-electron chi connectivity index (χ2n) is 7.63. The number of aromatic nitrogens is 2. The van der Waals surface area contributed by atoms with E-state index in [0.29, 0.717) is 18.5 Å². The Morgan fingerprint density at radius 1 is 1.16 bits per heavy atom. The van der Waals surface area contributed by atoms with Crippen LogP contribution >= 0.6 is 0 Å². The molecule has 6 nitrogen and oxygen atoms in total. The van der Waals surface area contributed by atoms with Gasteiger partial charge in [0.25, 0.3) is 5.56 Å². The molecule has 2 saturated carbocycles. The fourth-order valence-electron chi connectivity index (χ4n) is 3.49. The van der Waals surface area contributed by atoms with Crippen molar-refractivity contribution in [3.63, 3.8) is 0 Å². The summed E-state index contributed by atoms with van der Waals surface area (Å²) in [5.41, 5.74) is 0.223. The maximum absolute atomic E-state index is 12.1. The van der Waals surface area contributed by atoms with Crippen molar-refractivity contribution in [2.45, 2.75) is 51.2 Å². The molecule has 134 valence electrons. The van der Waals surface area contributed by atoms with Gasteiger partial charge in [0, 0.05) is 44.4 Å². The summed E-state index contributed by atoms with van der Waals surface area (Å²) in [4.78, 5) is 26.4. The third kappa shape index (κ3) is 3.23. The highest BCUT2D eigenvalue weighted by Gasteiger charge is 2.37. The highest BCUT2D eigenvalue weighted by molar-refractivity contribution is 5.18. The Balaban J connectivity index is 1.54. The van der Waals surface area contributed by atoms with Crippen LogP contribution in [0.1, 0.15) is 49.3 Å².